The topological polar surface area (TPSA) is 64.6 Å². The van der Waals surface area contributed by atoms with Crippen LogP contribution in [-0.4, -0.2) is 31.1 Å². The van der Waals surface area contributed by atoms with Crippen molar-refractivity contribution in [3.63, 3.8) is 0 Å². The molecule has 0 saturated carbocycles. The van der Waals surface area contributed by atoms with Crippen molar-refractivity contribution < 1.29 is 18.2 Å². The SMILES string of the molecule is CCOP(=O)(CCC(C(C)NC(c1ccccc1)c1ccccc1)P(=O)(c1ccccc1)c1ccccc1)OCC. The summed E-state index contributed by atoms with van der Waals surface area (Å²) in [6, 6.07) is 39.6. The molecule has 0 aliphatic carbocycles. The average Bonchev–Trinajstić information content (AvgIpc) is 3.01. The minimum atomic E-state index is -3.36. The van der Waals surface area contributed by atoms with E-state index in [2.05, 4.69) is 36.5 Å². The van der Waals surface area contributed by atoms with E-state index in [1.165, 1.54) is 0 Å². The summed E-state index contributed by atoms with van der Waals surface area (Å²) in [4.78, 5) is 0. The van der Waals surface area contributed by atoms with Gasteiger partial charge in [-0.05, 0) is 38.3 Å². The Morgan fingerprint density at radius 3 is 1.41 bits per heavy atom. The molecule has 41 heavy (non-hydrogen) atoms. The second-order valence-electron chi connectivity index (χ2n) is 10.1. The van der Waals surface area contributed by atoms with E-state index in [9.17, 15) is 4.57 Å². The first kappa shape index (κ1) is 31.2. The van der Waals surface area contributed by atoms with E-state index in [-0.39, 0.29) is 31.5 Å². The van der Waals surface area contributed by atoms with Crippen molar-refractivity contribution in [3.8, 4) is 0 Å². The summed E-state index contributed by atoms with van der Waals surface area (Å²) in [5.41, 5.74) is 1.84. The zero-order valence-electron chi connectivity index (χ0n) is 24.1. The summed E-state index contributed by atoms with van der Waals surface area (Å²) in [6.07, 6.45) is 0.569. The first-order valence-corrected chi connectivity index (χ1v) is 17.9. The van der Waals surface area contributed by atoms with Crippen molar-refractivity contribution in [2.24, 2.45) is 0 Å². The van der Waals surface area contributed by atoms with Gasteiger partial charge < -0.3 is 18.9 Å². The lowest BCUT2D eigenvalue weighted by Gasteiger charge is -2.36. The summed E-state index contributed by atoms with van der Waals surface area (Å²) in [7, 11) is -6.61. The molecule has 0 aromatic heterocycles. The highest BCUT2D eigenvalue weighted by molar-refractivity contribution is 7.79. The van der Waals surface area contributed by atoms with E-state index in [1.54, 1.807) is 0 Å². The van der Waals surface area contributed by atoms with Gasteiger partial charge in [-0.25, -0.2) is 0 Å². The van der Waals surface area contributed by atoms with E-state index < -0.39 is 20.4 Å². The Balaban J connectivity index is 1.81. The largest absolute Gasteiger partial charge is 0.330 e. The van der Waals surface area contributed by atoms with Crippen molar-refractivity contribution in [1.82, 2.24) is 5.32 Å². The van der Waals surface area contributed by atoms with Crippen LogP contribution >= 0.6 is 14.7 Å². The van der Waals surface area contributed by atoms with Crippen LogP contribution in [0.5, 0.6) is 0 Å². The predicted molar refractivity (Wildman–Crippen MR) is 171 cm³/mol. The van der Waals surface area contributed by atoms with Gasteiger partial charge in [0.2, 0.25) is 0 Å². The fraction of sp³-hybridized carbons (Fsp3) is 0.294. The molecule has 0 bridgehead atoms. The van der Waals surface area contributed by atoms with Gasteiger partial charge in [0, 0.05) is 22.3 Å². The lowest BCUT2D eigenvalue weighted by atomic mass is 9.97. The van der Waals surface area contributed by atoms with Gasteiger partial charge >= 0.3 is 7.60 Å². The minimum absolute atomic E-state index is 0.125. The zero-order chi connectivity index (χ0) is 29.1. The van der Waals surface area contributed by atoms with Crippen LogP contribution in [0.15, 0.2) is 121 Å². The number of benzene rings is 4. The molecule has 0 aliphatic heterocycles. The molecule has 0 spiro atoms. The van der Waals surface area contributed by atoms with Gasteiger partial charge in [0.1, 0.15) is 7.14 Å². The molecule has 0 radical (unpaired) electrons. The highest BCUT2D eigenvalue weighted by Gasteiger charge is 2.42. The smallest absolute Gasteiger partial charge is 0.313 e. The molecular weight excluding hydrogens is 548 g/mol. The quantitative estimate of drug-likeness (QED) is 0.143. The van der Waals surface area contributed by atoms with Gasteiger partial charge in [-0.3, -0.25) is 4.57 Å². The number of rotatable bonds is 15. The second-order valence-corrected chi connectivity index (χ2v) is 15.3. The van der Waals surface area contributed by atoms with Gasteiger partial charge in [0.15, 0.2) is 0 Å². The molecule has 4 rings (SSSR count). The Bertz CT molecular complexity index is 1330. The molecule has 4 aromatic carbocycles. The Kier molecular flexibility index (Phi) is 11.3. The average molecular weight is 590 g/mol. The van der Waals surface area contributed by atoms with Crippen molar-refractivity contribution in [3.05, 3.63) is 132 Å². The van der Waals surface area contributed by atoms with E-state index in [0.717, 1.165) is 21.7 Å². The van der Waals surface area contributed by atoms with E-state index in [1.807, 2.05) is 111 Å². The van der Waals surface area contributed by atoms with Crippen LogP contribution in [0.25, 0.3) is 0 Å². The molecular formula is C34H41NO4P2. The fourth-order valence-corrected chi connectivity index (χ4v) is 10.9. The summed E-state index contributed by atoms with van der Waals surface area (Å²) in [5, 5.41) is 5.41. The maximum atomic E-state index is 15.6. The molecule has 1 N–H and O–H groups in total. The van der Waals surface area contributed by atoms with E-state index in [4.69, 9.17) is 9.05 Å². The van der Waals surface area contributed by atoms with Gasteiger partial charge in [-0.1, -0.05) is 121 Å². The molecule has 0 saturated heterocycles. The molecule has 0 amide bonds. The van der Waals surface area contributed by atoms with Crippen molar-refractivity contribution in [2.45, 2.75) is 44.9 Å². The van der Waals surface area contributed by atoms with Crippen molar-refractivity contribution >= 4 is 25.3 Å². The molecule has 2 unspecified atom stereocenters. The Morgan fingerprint density at radius 1 is 0.634 bits per heavy atom. The molecule has 4 aromatic rings. The van der Waals surface area contributed by atoms with Crippen LogP contribution in [0.3, 0.4) is 0 Å². The second kappa shape index (κ2) is 14.9. The van der Waals surface area contributed by atoms with E-state index >= 15 is 4.57 Å². The molecule has 0 heterocycles. The fourth-order valence-electron chi connectivity index (χ4n) is 5.48. The van der Waals surface area contributed by atoms with Crippen molar-refractivity contribution in [1.29, 1.82) is 0 Å². The minimum Gasteiger partial charge on any atom is -0.313 e. The van der Waals surface area contributed by atoms with Crippen molar-refractivity contribution in [2.75, 3.05) is 19.4 Å². The van der Waals surface area contributed by atoms with Crippen LogP contribution in [0.2, 0.25) is 0 Å². The molecule has 0 fully saturated rings. The van der Waals surface area contributed by atoms with Crippen LogP contribution < -0.4 is 15.9 Å². The third-order valence-corrected chi connectivity index (χ3v) is 13.2. The highest BCUT2D eigenvalue weighted by atomic mass is 31.2. The summed E-state index contributed by atoms with van der Waals surface area (Å²) < 4.78 is 40.6. The first-order chi connectivity index (χ1) is 19.9. The predicted octanol–water partition coefficient (Wildman–Crippen LogP) is 7.79. The maximum Gasteiger partial charge on any atom is 0.330 e. The lowest BCUT2D eigenvalue weighted by molar-refractivity contribution is 0.219. The zero-order valence-corrected chi connectivity index (χ0v) is 25.9. The van der Waals surface area contributed by atoms with Crippen LogP contribution in [-0.2, 0) is 18.2 Å². The molecule has 0 aliphatic rings. The standard InChI is InChI=1S/C34H41NO4P2/c1-4-38-40(36,39-5-2)27-26-33(41(37,31-22-14-8-15-23-31)32-24-16-9-17-25-32)28(3)35-34(29-18-10-6-11-19-29)30-20-12-7-13-21-30/h6-25,28,33-35H,4-5,26-27H2,1-3H3. The van der Waals surface area contributed by atoms with Crippen LogP contribution in [0.1, 0.15) is 44.4 Å². The van der Waals surface area contributed by atoms with E-state index in [0.29, 0.717) is 6.42 Å². The number of hydrogen-bond acceptors (Lipinski definition) is 5. The molecule has 2 atom stereocenters. The summed E-state index contributed by atoms with van der Waals surface area (Å²) in [5.74, 6) is 0. The third-order valence-electron chi connectivity index (χ3n) is 7.37. The van der Waals surface area contributed by atoms with Crippen LogP contribution in [0, 0.1) is 0 Å². The third kappa shape index (κ3) is 7.74. The normalized spacial score (nSPS) is 13.7. The van der Waals surface area contributed by atoms with Gasteiger partial charge in [0.05, 0.1) is 25.4 Å². The van der Waals surface area contributed by atoms with Gasteiger partial charge in [-0.2, -0.15) is 0 Å². The summed E-state index contributed by atoms with van der Waals surface area (Å²) >= 11 is 0. The highest BCUT2D eigenvalue weighted by Crippen LogP contribution is 2.55. The van der Waals surface area contributed by atoms with Gasteiger partial charge in [-0.15, -0.1) is 0 Å². The number of nitrogens with one attached hydrogen (secondary N) is 1. The van der Waals surface area contributed by atoms with Gasteiger partial charge in [0.25, 0.3) is 0 Å². The lowest BCUT2D eigenvalue weighted by Crippen LogP contribution is -2.44. The molecule has 216 valence electrons. The summed E-state index contributed by atoms with van der Waals surface area (Å²) in [6.45, 7) is 6.30. The maximum absolute atomic E-state index is 15.6. The molecule has 7 heteroatoms. The Labute approximate surface area is 245 Å². The monoisotopic (exact) mass is 589 g/mol. The Morgan fingerprint density at radius 2 is 1.02 bits per heavy atom. The Hall–Kier alpha value is -2.78. The number of hydrogen-bond donors (Lipinski definition) is 1. The van der Waals surface area contributed by atoms with Crippen LogP contribution in [0.4, 0.5) is 0 Å². The molecule has 5 nitrogen and oxygen atoms in total. The first-order valence-electron chi connectivity index (χ1n) is 14.4.